The van der Waals surface area contributed by atoms with Gasteiger partial charge in [-0.2, -0.15) is 0 Å². The molecular weight excluding hydrogens is 212 g/mol. The number of benzene rings is 1. The molecule has 7 heteroatoms. The van der Waals surface area contributed by atoms with E-state index < -0.39 is 4.92 Å². The van der Waals surface area contributed by atoms with Crippen LogP contribution in [-0.4, -0.2) is 18.6 Å². The Bertz CT molecular complexity index is 440. The number of ether oxygens (including phenoxy) is 1. The van der Waals surface area contributed by atoms with E-state index in [2.05, 4.69) is 10.0 Å². The number of rotatable bonds is 5. The van der Waals surface area contributed by atoms with Crippen LogP contribution in [0, 0.1) is 10.1 Å². The van der Waals surface area contributed by atoms with Gasteiger partial charge in [0.2, 0.25) is 0 Å². The van der Waals surface area contributed by atoms with Gasteiger partial charge in [-0.05, 0) is 23.6 Å². The zero-order valence-electron chi connectivity index (χ0n) is 8.66. The van der Waals surface area contributed by atoms with E-state index in [4.69, 9.17) is 10.3 Å². The van der Waals surface area contributed by atoms with Gasteiger partial charge in [0, 0.05) is 17.5 Å². The third kappa shape index (κ3) is 2.86. The van der Waals surface area contributed by atoms with Crippen molar-refractivity contribution in [2.24, 2.45) is 5.11 Å². The Balaban J connectivity index is 2.90. The lowest BCUT2D eigenvalue weighted by molar-refractivity contribution is -0.385. The van der Waals surface area contributed by atoms with Crippen molar-refractivity contribution < 1.29 is 9.66 Å². The van der Waals surface area contributed by atoms with Crippen LogP contribution >= 0.6 is 0 Å². The van der Waals surface area contributed by atoms with Crippen LogP contribution in [0.3, 0.4) is 0 Å². The van der Waals surface area contributed by atoms with E-state index in [-0.39, 0.29) is 11.4 Å². The number of hydrogen-bond acceptors (Lipinski definition) is 4. The Labute approximate surface area is 91.4 Å². The van der Waals surface area contributed by atoms with Crippen LogP contribution in [0.15, 0.2) is 23.3 Å². The quantitative estimate of drug-likeness (QED) is 0.251. The van der Waals surface area contributed by atoms with Gasteiger partial charge in [-0.1, -0.05) is 11.2 Å². The fraction of sp³-hybridized carbons (Fsp3) is 0.333. The molecule has 0 heterocycles. The lowest BCUT2D eigenvalue weighted by Gasteiger charge is -2.03. The topological polar surface area (TPSA) is 101 Å². The number of methoxy groups -OCH3 is 1. The Kier molecular flexibility index (Phi) is 4.11. The maximum Gasteiger partial charge on any atom is 0.310 e. The molecule has 0 spiro atoms. The molecule has 0 aliphatic heterocycles. The average molecular weight is 222 g/mol. The molecular formula is C9H10N4O3. The van der Waals surface area contributed by atoms with Crippen molar-refractivity contribution in [2.45, 2.75) is 6.42 Å². The van der Waals surface area contributed by atoms with Gasteiger partial charge in [-0.25, -0.2) is 0 Å². The molecule has 1 rings (SSSR count). The van der Waals surface area contributed by atoms with E-state index in [0.29, 0.717) is 13.0 Å². The molecule has 16 heavy (non-hydrogen) atoms. The summed E-state index contributed by atoms with van der Waals surface area (Å²) in [7, 11) is 1.37. The summed E-state index contributed by atoms with van der Waals surface area (Å²) in [6.07, 6.45) is 0.526. The van der Waals surface area contributed by atoms with Crippen LogP contribution in [-0.2, 0) is 6.42 Å². The highest BCUT2D eigenvalue weighted by Gasteiger charge is 2.14. The SMILES string of the molecule is COc1cc(CCN=[N+]=[N-])ccc1[N+](=O)[O-]. The molecule has 0 amide bonds. The molecule has 1 aromatic carbocycles. The summed E-state index contributed by atoms with van der Waals surface area (Å²) in [5, 5.41) is 14.0. The lowest BCUT2D eigenvalue weighted by Crippen LogP contribution is -1.96. The summed E-state index contributed by atoms with van der Waals surface area (Å²) in [4.78, 5) is 12.7. The van der Waals surface area contributed by atoms with Gasteiger partial charge in [0.05, 0.1) is 12.0 Å². The molecule has 1 aromatic rings. The normalized spacial score (nSPS) is 9.31. The molecule has 84 valence electrons. The van der Waals surface area contributed by atoms with E-state index in [0.717, 1.165) is 5.56 Å². The highest BCUT2D eigenvalue weighted by Crippen LogP contribution is 2.27. The van der Waals surface area contributed by atoms with E-state index in [1.165, 1.54) is 13.2 Å². The van der Waals surface area contributed by atoms with E-state index in [1.54, 1.807) is 12.1 Å². The first kappa shape index (κ1) is 11.8. The first-order chi connectivity index (χ1) is 7.69. The minimum absolute atomic E-state index is 0.0740. The summed E-state index contributed by atoms with van der Waals surface area (Å²) in [6, 6.07) is 4.57. The van der Waals surface area contributed by atoms with Crippen LogP contribution in [0.2, 0.25) is 0 Å². The number of azide groups is 1. The average Bonchev–Trinajstić information content (AvgIpc) is 2.29. The van der Waals surface area contributed by atoms with Crippen LogP contribution in [0.5, 0.6) is 5.75 Å². The Morgan fingerprint density at radius 1 is 1.62 bits per heavy atom. The van der Waals surface area contributed by atoms with Gasteiger partial charge in [0.1, 0.15) is 0 Å². The Morgan fingerprint density at radius 3 is 2.94 bits per heavy atom. The zero-order valence-corrected chi connectivity index (χ0v) is 8.66. The highest BCUT2D eigenvalue weighted by molar-refractivity contribution is 5.48. The van der Waals surface area contributed by atoms with Crippen LogP contribution in [0.25, 0.3) is 10.4 Å². The molecule has 0 unspecified atom stereocenters. The van der Waals surface area contributed by atoms with Crippen LogP contribution < -0.4 is 4.74 Å². The molecule has 0 N–H and O–H groups in total. The molecule has 0 saturated carbocycles. The molecule has 0 aliphatic carbocycles. The van der Waals surface area contributed by atoms with E-state index >= 15 is 0 Å². The molecule has 0 saturated heterocycles. The largest absolute Gasteiger partial charge is 0.490 e. The van der Waals surface area contributed by atoms with Crippen molar-refractivity contribution >= 4 is 5.69 Å². The Hall–Kier alpha value is -2.27. The molecule has 0 aliphatic rings. The summed E-state index contributed by atoms with van der Waals surface area (Å²) in [5.41, 5.74) is 8.86. The predicted octanol–water partition coefficient (Wildman–Crippen LogP) is 2.46. The lowest BCUT2D eigenvalue weighted by atomic mass is 10.1. The van der Waals surface area contributed by atoms with Gasteiger partial charge >= 0.3 is 5.69 Å². The first-order valence-electron chi connectivity index (χ1n) is 4.51. The molecule has 0 radical (unpaired) electrons. The number of nitro benzene ring substituents is 1. The predicted molar refractivity (Wildman–Crippen MR) is 57.4 cm³/mol. The monoisotopic (exact) mass is 222 g/mol. The van der Waals surface area contributed by atoms with Gasteiger partial charge in [0.25, 0.3) is 0 Å². The second-order valence-electron chi connectivity index (χ2n) is 2.97. The summed E-state index contributed by atoms with van der Waals surface area (Å²) in [5.74, 6) is 0.212. The molecule has 0 bridgehead atoms. The van der Waals surface area contributed by atoms with E-state index in [1.807, 2.05) is 0 Å². The van der Waals surface area contributed by atoms with Crippen molar-refractivity contribution in [3.05, 3.63) is 44.3 Å². The van der Waals surface area contributed by atoms with Crippen molar-refractivity contribution in [3.63, 3.8) is 0 Å². The maximum absolute atomic E-state index is 10.6. The summed E-state index contributed by atoms with van der Waals surface area (Å²) in [6.45, 7) is 0.317. The fourth-order valence-corrected chi connectivity index (χ4v) is 1.25. The van der Waals surface area contributed by atoms with Crippen LogP contribution in [0.4, 0.5) is 5.69 Å². The standard InChI is InChI=1S/C9H10N4O3/c1-16-9-6-7(4-5-11-12-10)2-3-8(9)13(14)15/h2-3,6H,4-5H2,1H3. The molecule has 0 atom stereocenters. The van der Waals surface area contributed by atoms with Crippen molar-refractivity contribution in [1.29, 1.82) is 0 Å². The van der Waals surface area contributed by atoms with Gasteiger partial charge in [-0.15, -0.1) is 0 Å². The number of nitrogens with zero attached hydrogens (tertiary/aromatic N) is 4. The first-order valence-corrected chi connectivity index (χ1v) is 4.51. The third-order valence-electron chi connectivity index (χ3n) is 2.00. The van der Waals surface area contributed by atoms with Crippen molar-refractivity contribution in [2.75, 3.05) is 13.7 Å². The van der Waals surface area contributed by atoms with Crippen LogP contribution in [0.1, 0.15) is 5.56 Å². The maximum atomic E-state index is 10.6. The number of nitro groups is 1. The highest BCUT2D eigenvalue weighted by atomic mass is 16.6. The second kappa shape index (κ2) is 5.57. The minimum atomic E-state index is -0.504. The summed E-state index contributed by atoms with van der Waals surface area (Å²) < 4.78 is 4.91. The van der Waals surface area contributed by atoms with Gasteiger partial charge < -0.3 is 4.74 Å². The smallest absolute Gasteiger partial charge is 0.310 e. The van der Waals surface area contributed by atoms with Crippen molar-refractivity contribution in [1.82, 2.24) is 0 Å². The number of hydrogen-bond donors (Lipinski definition) is 0. The van der Waals surface area contributed by atoms with Gasteiger partial charge in [0.15, 0.2) is 5.75 Å². The fourth-order valence-electron chi connectivity index (χ4n) is 1.25. The van der Waals surface area contributed by atoms with E-state index in [9.17, 15) is 10.1 Å². The van der Waals surface area contributed by atoms with Crippen molar-refractivity contribution in [3.8, 4) is 5.75 Å². The third-order valence-corrected chi connectivity index (χ3v) is 2.00. The molecule has 0 aromatic heterocycles. The molecule has 0 fully saturated rings. The van der Waals surface area contributed by atoms with Gasteiger partial charge in [-0.3, -0.25) is 10.1 Å². The Morgan fingerprint density at radius 2 is 2.38 bits per heavy atom. The summed E-state index contributed by atoms with van der Waals surface area (Å²) >= 11 is 0. The molecule has 7 nitrogen and oxygen atoms in total. The minimum Gasteiger partial charge on any atom is -0.490 e. The second-order valence-corrected chi connectivity index (χ2v) is 2.97. The zero-order chi connectivity index (χ0) is 12.0.